The monoisotopic (exact) mass is 520 g/mol. The van der Waals surface area contributed by atoms with E-state index in [1.165, 1.54) is 19.3 Å². The third kappa shape index (κ3) is 4.38. The van der Waals surface area contributed by atoms with Crippen molar-refractivity contribution in [2.75, 3.05) is 26.7 Å². The Hall–Kier alpha value is -1.96. The highest BCUT2D eigenvalue weighted by Crippen LogP contribution is 2.44. The van der Waals surface area contributed by atoms with Crippen LogP contribution < -0.4 is 4.74 Å². The van der Waals surface area contributed by atoms with Crippen molar-refractivity contribution in [1.29, 1.82) is 0 Å². The van der Waals surface area contributed by atoms with Crippen LogP contribution in [0.4, 0.5) is 0 Å². The molecule has 1 atom stereocenters. The molecule has 0 spiro atoms. The zero-order chi connectivity index (χ0) is 23.9. The van der Waals surface area contributed by atoms with Crippen molar-refractivity contribution in [3.05, 3.63) is 54.2 Å². The van der Waals surface area contributed by atoms with Crippen molar-refractivity contribution in [3.63, 3.8) is 0 Å². The molecule has 0 saturated carbocycles. The fourth-order valence-electron chi connectivity index (χ4n) is 4.84. The van der Waals surface area contributed by atoms with Gasteiger partial charge in [0.25, 0.3) is 0 Å². The number of para-hydroxylation sites is 2. The van der Waals surface area contributed by atoms with E-state index in [2.05, 4.69) is 15.5 Å². The van der Waals surface area contributed by atoms with Gasteiger partial charge in [0.05, 0.1) is 29.5 Å². The number of aliphatic hydroxyl groups is 1. The standard InChI is InChI=1S/C25H27Cl3N4O2/c1-34-18-11-9-17(10-12-18)21-22(23(33)25(26,27)28)32-20-8-4-3-7-19(20)31(24(32)29-21)16-15-30-13-5-2-6-14-30/h3-4,7-12,23,33H,2,5-6,13-16H2,1H3. The van der Waals surface area contributed by atoms with Crippen molar-refractivity contribution in [3.8, 4) is 17.0 Å². The van der Waals surface area contributed by atoms with Crippen LogP contribution in [0.3, 0.4) is 0 Å². The molecule has 0 aliphatic carbocycles. The minimum Gasteiger partial charge on any atom is -0.497 e. The molecule has 5 rings (SSSR count). The number of rotatable bonds is 6. The molecular weight excluding hydrogens is 495 g/mol. The molecular formula is C25H27Cl3N4O2. The van der Waals surface area contributed by atoms with Crippen LogP contribution in [0.5, 0.6) is 5.75 Å². The summed E-state index contributed by atoms with van der Waals surface area (Å²) in [5, 5.41) is 11.2. The van der Waals surface area contributed by atoms with E-state index in [-0.39, 0.29) is 0 Å². The first-order chi connectivity index (χ1) is 16.4. The second kappa shape index (κ2) is 9.59. The number of fused-ring (bicyclic) bond motifs is 3. The van der Waals surface area contributed by atoms with Crippen LogP contribution in [-0.2, 0) is 6.54 Å². The lowest BCUT2D eigenvalue weighted by Gasteiger charge is -2.26. The van der Waals surface area contributed by atoms with Crippen molar-refractivity contribution in [2.45, 2.75) is 35.7 Å². The Balaban J connectivity index is 1.70. The largest absolute Gasteiger partial charge is 0.497 e. The van der Waals surface area contributed by atoms with Crippen LogP contribution >= 0.6 is 34.8 Å². The third-order valence-electron chi connectivity index (χ3n) is 6.57. The summed E-state index contributed by atoms with van der Waals surface area (Å²) in [5.74, 6) is 1.44. The molecule has 0 amide bonds. The number of alkyl halides is 3. The van der Waals surface area contributed by atoms with Gasteiger partial charge in [-0.1, -0.05) is 53.4 Å². The summed E-state index contributed by atoms with van der Waals surface area (Å²) in [5.41, 5.74) is 3.77. The van der Waals surface area contributed by atoms with Gasteiger partial charge in [0, 0.05) is 18.7 Å². The average Bonchev–Trinajstić information content (AvgIpc) is 3.37. The normalized spacial score (nSPS) is 16.4. The summed E-state index contributed by atoms with van der Waals surface area (Å²) < 4.78 is 7.51. The minimum absolute atomic E-state index is 0.452. The van der Waals surface area contributed by atoms with E-state index in [9.17, 15) is 5.11 Å². The van der Waals surface area contributed by atoms with Gasteiger partial charge in [-0.15, -0.1) is 0 Å². The van der Waals surface area contributed by atoms with Crippen LogP contribution in [-0.4, -0.2) is 54.5 Å². The molecule has 1 aliphatic rings. The number of nitrogens with zero attached hydrogens (tertiary/aromatic N) is 4. The number of benzene rings is 2. The first kappa shape index (κ1) is 23.8. The molecule has 0 radical (unpaired) electrons. The molecule has 1 saturated heterocycles. The highest BCUT2D eigenvalue weighted by molar-refractivity contribution is 6.68. The second-order valence-electron chi connectivity index (χ2n) is 8.70. The van der Waals surface area contributed by atoms with E-state index < -0.39 is 9.90 Å². The predicted octanol–water partition coefficient (Wildman–Crippen LogP) is 5.85. The fraction of sp³-hybridized carbons (Fsp3) is 0.400. The maximum Gasteiger partial charge on any atom is 0.221 e. The maximum absolute atomic E-state index is 11.2. The molecule has 2 aromatic heterocycles. The summed E-state index contributed by atoms with van der Waals surface area (Å²) >= 11 is 18.6. The fourth-order valence-corrected chi connectivity index (χ4v) is 5.15. The minimum atomic E-state index is -1.92. The van der Waals surface area contributed by atoms with Gasteiger partial charge in [-0.2, -0.15) is 0 Å². The van der Waals surface area contributed by atoms with Gasteiger partial charge in [-0.25, -0.2) is 4.98 Å². The summed E-state index contributed by atoms with van der Waals surface area (Å²) in [7, 11) is 1.62. The van der Waals surface area contributed by atoms with Crippen LogP contribution in [0, 0.1) is 0 Å². The van der Waals surface area contributed by atoms with E-state index in [1.54, 1.807) is 7.11 Å². The number of aliphatic hydroxyl groups excluding tert-OH is 1. The molecule has 1 aliphatic heterocycles. The predicted molar refractivity (Wildman–Crippen MR) is 138 cm³/mol. The molecule has 0 bridgehead atoms. The molecule has 34 heavy (non-hydrogen) atoms. The SMILES string of the molecule is COc1ccc(-c2nc3n(CCN4CCCCC4)c4ccccc4n3c2C(O)C(Cl)(Cl)Cl)cc1. The molecule has 4 aromatic rings. The van der Waals surface area contributed by atoms with Crippen LogP contribution in [0.2, 0.25) is 0 Å². The maximum atomic E-state index is 11.2. The Morgan fingerprint density at radius 2 is 1.65 bits per heavy atom. The Kier molecular flexibility index (Phi) is 6.70. The Morgan fingerprint density at radius 3 is 2.29 bits per heavy atom. The van der Waals surface area contributed by atoms with E-state index in [1.807, 2.05) is 46.9 Å². The first-order valence-corrected chi connectivity index (χ1v) is 12.6. The van der Waals surface area contributed by atoms with Crippen molar-refractivity contribution in [1.82, 2.24) is 18.9 Å². The summed E-state index contributed by atoms with van der Waals surface area (Å²) in [4.78, 5) is 7.50. The third-order valence-corrected chi connectivity index (χ3v) is 7.19. The van der Waals surface area contributed by atoms with Crippen LogP contribution in [0.15, 0.2) is 48.5 Å². The number of halogens is 3. The molecule has 2 aromatic carbocycles. The summed E-state index contributed by atoms with van der Waals surface area (Å²) in [6, 6.07) is 15.6. The van der Waals surface area contributed by atoms with E-state index >= 15 is 0 Å². The zero-order valence-corrected chi connectivity index (χ0v) is 21.2. The molecule has 1 unspecified atom stereocenters. The second-order valence-corrected chi connectivity index (χ2v) is 11.1. The smallest absolute Gasteiger partial charge is 0.221 e. The van der Waals surface area contributed by atoms with Crippen molar-refractivity contribution >= 4 is 51.6 Å². The number of piperidine rings is 1. The van der Waals surface area contributed by atoms with E-state index in [0.717, 1.165) is 48.5 Å². The summed E-state index contributed by atoms with van der Waals surface area (Å²) in [6.45, 7) is 3.96. The number of hydrogen-bond donors (Lipinski definition) is 1. The average molecular weight is 522 g/mol. The molecule has 180 valence electrons. The van der Waals surface area contributed by atoms with Gasteiger partial charge in [-0.3, -0.25) is 4.40 Å². The van der Waals surface area contributed by atoms with Gasteiger partial charge in [0.15, 0.2) is 0 Å². The lowest BCUT2D eigenvalue weighted by atomic mass is 10.1. The number of likely N-dealkylation sites (tertiary alicyclic amines) is 1. The van der Waals surface area contributed by atoms with Gasteiger partial charge in [0.2, 0.25) is 9.57 Å². The van der Waals surface area contributed by atoms with Gasteiger partial charge in [0.1, 0.15) is 11.9 Å². The lowest BCUT2D eigenvalue weighted by molar-refractivity contribution is 0.177. The number of hydrogen-bond acceptors (Lipinski definition) is 4. The molecule has 1 N–H and O–H groups in total. The van der Waals surface area contributed by atoms with Gasteiger partial charge in [-0.05, 0) is 62.3 Å². The van der Waals surface area contributed by atoms with Gasteiger partial charge < -0.3 is 19.3 Å². The Labute approximate surface area is 213 Å². The molecule has 9 heteroatoms. The molecule has 3 heterocycles. The quantitative estimate of drug-likeness (QED) is 0.323. The zero-order valence-electron chi connectivity index (χ0n) is 18.9. The highest BCUT2D eigenvalue weighted by Gasteiger charge is 2.38. The molecule has 1 fully saturated rings. The number of methoxy groups -OCH3 is 1. The Bertz CT molecular complexity index is 1290. The Morgan fingerprint density at radius 1 is 0.971 bits per heavy atom. The summed E-state index contributed by atoms with van der Waals surface area (Å²) in [6.07, 6.45) is 2.40. The van der Waals surface area contributed by atoms with Crippen LogP contribution in [0.25, 0.3) is 28.1 Å². The number of ether oxygens (including phenoxy) is 1. The van der Waals surface area contributed by atoms with E-state index in [4.69, 9.17) is 44.5 Å². The highest BCUT2D eigenvalue weighted by atomic mass is 35.6. The van der Waals surface area contributed by atoms with Gasteiger partial charge >= 0.3 is 0 Å². The van der Waals surface area contributed by atoms with Crippen molar-refractivity contribution in [2.24, 2.45) is 0 Å². The van der Waals surface area contributed by atoms with E-state index in [0.29, 0.717) is 17.2 Å². The number of aromatic nitrogens is 3. The van der Waals surface area contributed by atoms with Crippen molar-refractivity contribution < 1.29 is 9.84 Å². The molecule has 6 nitrogen and oxygen atoms in total. The lowest BCUT2D eigenvalue weighted by Crippen LogP contribution is -2.32. The first-order valence-electron chi connectivity index (χ1n) is 11.5. The van der Waals surface area contributed by atoms with Crippen LogP contribution in [0.1, 0.15) is 31.1 Å². The topological polar surface area (TPSA) is 54.9 Å². The number of imidazole rings is 2.